The van der Waals surface area contributed by atoms with Crippen molar-refractivity contribution in [2.45, 2.75) is 78.8 Å². The summed E-state index contributed by atoms with van der Waals surface area (Å²) in [4.78, 5) is 8.26. The van der Waals surface area contributed by atoms with Crippen molar-refractivity contribution in [2.24, 2.45) is 0 Å². The average Bonchev–Trinajstić information content (AvgIpc) is 3.28. The number of nitrogens with one attached hydrogen (secondary N) is 2. The van der Waals surface area contributed by atoms with E-state index >= 15 is 0 Å². The molecule has 2 heterocycles. The van der Waals surface area contributed by atoms with Gasteiger partial charge in [-0.15, -0.1) is 0 Å². The van der Waals surface area contributed by atoms with Gasteiger partial charge in [0.2, 0.25) is 0 Å². The normalized spacial score (nSPS) is 12.1. The van der Waals surface area contributed by atoms with Crippen LogP contribution in [-0.2, 0) is 39.6 Å². The van der Waals surface area contributed by atoms with Crippen molar-refractivity contribution in [1.29, 1.82) is 10.7 Å². The SMILES string of the molecule is Cc1c(COc2cc(OCc3cncc(C=N)c3)c(CO)cc2Cl)cccc1-c1cccc(COc2cc(OCc3cncc(C#N)c3)c(CN[C@H](C(O)O)[C@H](C)O)cc2Cl)c1C. The zero-order valence-corrected chi connectivity index (χ0v) is 36.3. The second-order valence-corrected chi connectivity index (χ2v) is 15.6. The van der Waals surface area contributed by atoms with E-state index in [0.717, 1.165) is 38.9 Å². The van der Waals surface area contributed by atoms with Crippen molar-refractivity contribution >= 4 is 29.4 Å². The number of hydrogen-bond donors (Lipinski definition) is 6. The third-order valence-electron chi connectivity index (χ3n) is 10.4. The summed E-state index contributed by atoms with van der Waals surface area (Å²) in [6, 6.07) is 23.1. The molecule has 0 aliphatic rings. The maximum Gasteiger partial charge on any atom is 0.169 e. The first-order valence-corrected chi connectivity index (χ1v) is 20.6. The van der Waals surface area contributed by atoms with Crippen LogP contribution in [0.15, 0.2) is 97.6 Å². The summed E-state index contributed by atoms with van der Waals surface area (Å²) in [5.41, 5.74) is 9.39. The highest BCUT2D eigenvalue weighted by Gasteiger charge is 2.23. The summed E-state index contributed by atoms with van der Waals surface area (Å²) < 4.78 is 24.8. The third kappa shape index (κ3) is 11.9. The van der Waals surface area contributed by atoms with Crippen LogP contribution in [-0.4, -0.2) is 55.0 Å². The Morgan fingerprint density at radius 1 is 0.698 bits per heavy atom. The molecule has 4 aromatic carbocycles. The number of rotatable bonds is 20. The lowest BCUT2D eigenvalue weighted by Crippen LogP contribution is -2.46. The maximum atomic E-state index is 10.1. The van der Waals surface area contributed by atoms with E-state index < -0.39 is 18.4 Å². The first-order valence-electron chi connectivity index (χ1n) is 19.9. The Balaban J connectivity index is 1.19. The molecule has 0 aliphatic carbocycles. The van der Waals surface area contributed by atoms with E-state index in [4.69, 9.17) is 47.6 Å². The van der Waals surface area contributed by atoms with Crippen LogP contribution in [0, 0.1) is 30.6 Å². The van der Waals surface area contributed by atoms with Gasteiger partial charge in [0.25, 0.3) is 0 Å². The summed E-state index contributed by atoms with van der Waals surface area (Å²) in [7, 11) is 0. The molecular formula is C48H47Cl2N5O8. The second kappa shape index (κ2) is 21.8. The summed E-state index contributed by atoms with van der Waals surface area (Å²) in [6.45, 7) is 5.92. The van der Waals surface area contributed by atoms with E-state index in [-0.39, 0.29) is 39.6 Å². The molecule has 6 N–H and O–H groups in total. The Morgan fingerprint density at radius 3 is 1.75 bits per heavy atom. The van der Waals surface area contributed by atoms with Gasteiger partial charge in [-0.3, -0.25) is 9.97 Å². The van der Waals surface area contributed by atoms with Crippen LogP contribution in [0.4, 0.5) is 0 Å². The van der Waals surface area contributed by atoms with Crippen LogP contribution >= 0.6 is 23.2 Å². The van der Waals surface area contributed by atoms with Crippen LogP contribution in [0.5, 0.6) is 23.0 Å². The molecule has 63 heavy (non-hydrogen) atoms. The molecule has 6 aromatic rings. The van der Waals surface area contributed by atoms with Crippen molar-refractivity contribution in [2.75, 3.05) is 0 Å². The van der Waals surface area contributed by atoms with Crippen molar-refractivity contribution in [3.8, 4) is 40.2 Å². The van der Waals surface area contributed by atoms with Crippen molar-refractivity contribution in [3.05, 3.63) is 163 Å². The molecule has 0 aliphatic heterocycles. The number of nitrogens with zero attached hydrogens (tertiary/aromatic N) is 3. The van der Waals surface area contributed by atoms with Gasteiger partial charge in [0.15, 0.2) is 6.29 Å². The van der Waals surface area contributed by atoms with Crippen molar-refractivity contribution in [3.63, 3.8) is 0 Å². The van der Waals surface area contributed by atoms with Gasteiger partial charge >= 0.3 is 0 Å². The highest BCUT2D eigenvalue weighted by molar-refractivity contribution is 6.32. The summed E-state index contributed by atoms with van der Waals surface area (Å²) in [5, 5.41) is 60.1. The van der Waals surface area contributed by atoms with E-state index in [1.54, 1.807) is 55.0 Å². The van der Waals surface area contributed by atoms with Gasteiger partial charge < -0.3 is 50.1 Å². The average molecular weight is 893 g/mol. The summed E-state index contributed by atoms with van der Waals surface area (Å²) >= 11 is 13.4. The Morgan fingerprint density at radius 2 is 1.22 bits per heavy atom. The molecule has 0 spiro atoms. The zero-order chi connectivity index (χ0) is 45.0. The van der Waals surface area contributed by atoms with Gasteiger partial charge in [0.05, 0.1) is 34.4 Å². The number of halogens is 2. The first kappa shape index (κ1) is 46.4. The molecule has 0 radical (unpaired) electrons. The van der Waals surface area contributed by atoms with Crippen molar-refractivity contribution in [1.82, 2.24) is 15.3 Å². The van der Waals surface area contributed by atoms with Crippen LogP contribution in [0.1, 0.15) is 62.6 Å². The number of aliphatic hydroxyl groups excluding tert-OH is 3. The van der Waals surface area contributed by atoms with E-state index in [1.807, 2.05) is 44.2 Å². The lowest BCUT2D eigenvalue weighted by atomic mass is 9.92. The van der Waals surface area contributed by atoms with E-state index in [0.29, 0.717) is 60.9 Å². The topological polar surface area (TPSA) is 203 Å². The predicted octanol–water partition coefficient (Wildman–Crippen LogP) is 7.89. The number of nitriles is 1. The van der Waals surface area contributed by atoms with E-state index in [1.165, 1.54) is 19.3 Å². The van der Waals surface area contributed by atoms with Gasteiger partial charge in [0, 0.05) is 77.5 Å². The number of pyridine rings is 2. The molecule has 0 saturated heterocycles. The van der Waals surface area contributed by atoms with Gasteiger partial charge in [-0.1, -0.05) is 59.6 Å². The maximum absolute atomic E-state index is 10.1. The van der Waals surface area contributed by atoms with E-state index in [2.05, 4.69) is 27.4 Å². The summed E-state index contributed by atoms with van der Waals surface area (Å²) in [6.07, 6.45) is 4.63. The molecule has 0 bridgehead atoms. The Labute approximate surface area is 375 Å². The molecule has 6 rings (SSSR count). The van der Waals surface area contributed by atoms with Gasteiger partial charge in [0.1, 0.15) is 55.5 Å². The minimum absolute atomic E-state index is 0.0725. The third-order valence-corrected chi connectivity index (χ3v) is 11.0. The molecule has 13 nitrogen and oxygen atoms in total. The van der Waals surface area contributed by atoms with Crippen LogP contribution in [0.3, 0.4) is 0 Å². The molecule has 15 heteroatoms. The Bertz CT molecular complexity index is 2590. The van der Waals surface area contributed by atoms with E-state index in [9.17, 15) is 25.7 Å². The van der Waals surface area contributed by atoms with Crippen molar-refractivity contribution < 1.29 is 39.4 Å². The highest BCUT2D eigenvalue weighted by Crippen LogP contribution is 2.37. The second-order valence-electron chi connectivity index (χ2n) is 14.8. The fraction of sp³-hybridized carbons (Fsp3) is 0.250. The number of aliphatic hydroxyl groups is 4. The summed E-state index contributed by atoms with van der Waals surface area (Å²) in [5.74, 6) is 1.55. The van der Waals surface area contributed by atoms with Gasteiger partial charge in [-0.25, -0.2) is 0 Å². The largest absolute Gasteiger partial charge is 0.488 e. The monoisotopic (exact) mass is 891 g/mol. The molecule has 0 saturated carbocycles. The number of aromatic nitrogens is 2. The predicted molar refractivity (Wildman–Crippen MR) is 239 cm³/mol. The standard InChI is InChI=1S/C48H47Cl2N5O8/c1-28-35(26-62-45-14-43(60-24-33-10-31(16-51)18-53-20-33)37(12-41(45)49)22-55-47(30(3)57)48(58)59)6-4-8-39(28)40-9-5-7-36(29(40)2)27-63-46-15-44(38(23-56)13-42(46)50)61-25-34-11-32(17-52)19-54-21-34/h4-15,17-21,30,47-48,52,55-59H,22-27H2,1-3H3/t30-,47-/m0/s1. The highest BCUT2D eigenvalue weighted by atomic mass is 35.5. The quantitative estimate of drug-likeness (QED) is 0.0320. The fourth-order valence-corrected chi connectivity index (χ4v) is 7.33. The smallest absolute Gasteiger partial charge is 0.169 e. The molecule has 326 valence electrons. The Hall–Kier alpha value is -6.08. The molecule has 2 aromatic heterocycles. The number of benzene rings is 4. The molecule has 0 unspecified atom stereocenters. The zero-order valence-electron chi connectivity index (χ0n) is 34.8. The van der Waals surface area contributed by atoms with Crippen LogP contribution in [0.2, 0.25) is 10.0 Å². The molecule has 2 atom stereocenters. The van der Waals surface area contributed by atoms with Crippen LogP contribution in [0.25, 0.3) is 11.1 Å². The lowest BCUT2D eigenvalue weighted by Gasteiger charge is -2.24. The molecular weight excluding hydrogens is 845 g/mol. The molecule has 0 amide bonds. The number of hydrogen-bond acceptors (Lipinski definition) is 13. The first-order chi connectivity index (χ1) is 30.4. The lowest BCUT2D eigenvalue weighted by molar-refractivity contribution is -0.0937. The molecule has 0 fully saturated rings. The fourth-order valence-electron chi connectivity index (χ4n) is 6.85. The Kier molecular flexibility index (Phi) is 16.1. The van der Waals surface area contributed by atoms with Crippen LogP contribution < -0.4 is 24.3 Å². The van der Waals surface area contributed by atoms with Gasteiger partial charge in [-0.2, -0.15) is 5.26 Å². The minimum Gasteiger partial charge on any atom is -0.488 e. The van der Waals surface area contributed by atoms with Gasteiger partial charge in [-0.05, 0) is 78.4 Å². The number of ether oxygens (including phenoxy) is 4. The minimum atomic E-state index is -1.82.